The Morgan fingerprint density at radius 3 is 2.43 bits per heavy atom. The molecule has 1 heterocycles. The number of hydrogen-bond donors (Lipinski definition) is 1. The highest BCUT2D eigenvalue weighted by atomic mass is 32.1. The molecular weight excluding hydrogens is 297 g/mol. The molecular formula is C15H17F3N2S. The van der Waals surface area contributed by atoms with E-state index in [1.54, 1.807) is 36.5 Å². The van der Waals surface area contributed by atoms with E-state index in [-0.39, 0.29) is 6.04 Å². The summed E-state index contributed by atoms with van der Waals surface area (Å²) in [6.45, 7) is 3.77. The van der Waals surface area contributed by atoms with Crippen molar-refractivity contribution < 1.29 is 13.2 Å². The van der Waals surface area contributed by atoms with E-state index in [9.17, 15) is 13.2 Å². The average Bonchev–Trinajstić information content (AvgIpc) is 2.84. The van der Waals surface area contributed by atoms with E-state index in [2.05, 4.69) is 10.3 Å². The minimum absolute atomic E-state index is 0.226. The number of rotatable bonds is 5. The molecule has 0 saturated carbocycles. The zero-order valence-corrected chi connectivity index (χ0v) is 12.6. The van der Waals surface area contributed by atoms with Crippen LogP contribution >= 0.6 is 11.3 Å². The van der Waals surface area contributed by atoms with E-state index >= 15 is 0 Å². The molecule has 0 radical (unpaired) electrons. The lowest BCUT2D eigenvalue weighted by atomic mass is 10.0. The summed E-state index contributed by atoms with van der Waals surface area (Å²) in [5, 5.41) is 3.85. The van der Waals surface area contributed by atoms with Crippen LogP contribution in [0.25, 0.3) is 0 Å². The van der Waals surface area contributed by atoms with Crippen LogP contribution in [-0.4, -0.2) is 11.2 Å². The first-order valence-electron chi connectivity index (χ1n) is 6.65. The Morgan fingerprint density at radius 1 is 1.24 bits per heavy atom. The SMILES string of the molecule is Cc1cnc(C(C)NC(CC(F)(F)F)c2ccccc2)s1. The van der Waals surface area contributed by atoms with E-state index < -0.39 is 18.6 Å². The van der Waals surface area contributed by atoms with Crippen LogP contribution in [0.1, 0.15) is 40.9 Å². The third kappa shape index (κ3) is 4.82. The zero-order chi connectivity index (χ0) is 15.5. The van der Waals surface area contributed by atoms with Crippen molar-refractivity contribution >= 4 is 11.3 Å². The highest BCUT2D eigenvalue weighted by molar-refractivity contribution is 7.11. The summed E-state index contributed by atoms with van der Waals surface area (Å²) in [5.41, 5.74) is 0.634. The highest BCUT2D eigenvalue weighted by Gasteiger charge is 2.33. The van der Waals surface area contributed by atoms with Gasteiger partial charge in [-0.25, -0.2) is 4.98 Å². The summed E-state index contributed by atoms with van der Waals surface area (Å²) in [5.74, 6) is 0. The number of aryl methyl sites for hydroxylation is 1. The maximum absolute atomic E-state index is 12.8. The van der Waals surface area contributed by atoms with Crippen molar-refractivity contribution in [1.82, 2.24) is 10.3 Å². The number of nitrogens with one attached hydrogen (secondary N) is 1. The smallest absolute Gasteiger partial charge is 0.301 e. The molecule has 0 amide bonds. The van der Waals surface area contributed by atoms with Crippen LogP contribution in [0.2, 0.25) is 0 Å². The van der Waals surface area contributed by atoms with Gasteiger partial charge in [0.2, 0.25) is 0 Å². The third-order valence-corrected chi connectivity index (χ3v) is 4.19. The molecule has 0 aliphatic heterocycles. The van der Waals surface area contributed by atoms with E-state index in [0.717, 1.165) is 9.88 Å². The normalized spacial score (nSPS) is 14.9. The fourth-order valence-corrected chi connectivity index (χ4v) is 2.92. The summed E-state index contributed by atoms with van der Waals surface area (Å²) in [6, 6.07) is 7.72. The van der Waals surface area contributed by atoms with Crippen LogP contribution in [0, 0.1) is 6.92 Å². The van der Waals surface area contributed by atoms with Crippen LogP contribution in [0.5, 0.6) is 0 Å². The summed E-state index contributed by atoms with van der Waals surface area (Å²) >= 11 is 1.50. The van der Waals surface area contributed by atoms with Crippen molar-refractivity contribution in [3.8, 4) is 0 Å². The van der Waals surface area contributed by atoms with Gasteiger partial charge in [0.1, 0.15) is 5.01 Å². The van der Waals surface area contributed by atoms with Gasteiger partial charge in [0, 0.05) is 17.1 Å². The van der Waals surface area contributed by atoms with Crippen molar-refractivity contribution in [1.29, 1.82) is 0 Å². The number of thiazole rings is 1. The monoisotopic (exact) mass is 314 g/mol. The maximum atomic E-state index is 12.8. The molecule has 1 N–H and O–H groups in total. The fourth-order valence-electron chi connectivity index (χ4n) is 2.14. The van der Waals surface area contributed by atoms with Gasteiger partial charge in [-0.15, -0.1) is 11.3 Å². The van der Waals surface area contributed by atoms with Crippen molar-refractivity contribution in [2.45, 2.75) is 38.5 Å². The quantitative estimate of drug-likeness (QED) is 0.858. The summed E-state index contributed by atoms with van der Waals surface area (Å²) in [4.78, 5) is 5.28. The molecule has 0 bridgehead atoms. The first kappa shape index (κ1) is 16.0. The Balaban J connectivity index is 2.16. The Hall–Kier alpha value is -1.40. The fraction of sp³-hybridized carbons (Fsp3) is 0.400. The van der Waals surface area contributed by atoms with Crippen LogP contribution in [0.4, 0.5) is 13.2 Å². The van der Waals surface area contributed by atoms with Gasteiger partial charge in [-0.3, -0.25) is 0 Å². The summed E-state index contributed by atoms with van der Waals surface area (Å²) < 4.78 is 38.4. The summed E-state index contributed by atoms with van der Waals surface area (Å²) in [6.07, 6.45) is -3.38. The molecule has 21 heavy (non-hydrogen) atoms. The van der Waals surface area contributed by atoms with Crippen LogP contribution in [0.3, 0.4) is 0 Å². The van der Waals surface area contributed by atoms with Crippen molar-refractivity contribution in [3.63, 3.8) is 0 Å². The molecule has 6 heteroatoms. The Kier molecular flexibility index (Phi) is 5.00. The standard InChI is InChI=1S/C15H17F3N2S/c1-10-9-19-14(21-10)11(2)20-13(8-15(16,17)18)12-6-4-3-5-7-12/h3-7,9,11,13,20H,8H2,1-2H3. The number of nitrogens with zero attached hydrogens (tertiary/aromatic N) is 1. The lowest BCUT2D eigenvalue weighted by Gasteiger charge is -2.24. The number of aromatic nitrogens is 1. The molecule has 0 aliphatic carbocycles. The number of benzene rings is 1. The lowest BCUT2D eigenvalue weighted by molar-refractivity contribution is -0.140. The second kappa shape index (κ2) is 6.58. The van der Waals surface area contributed by atoms with Crippen molar-refractivity contribution in [2.24, 2.45) is 0 Å². The average molecular weight is 314 g/mol. The predicted molar refractivity (Wildman–Crippen MR) is 78.3 cm³/mol. The first-order chi connectivity index (χ1) is 9.85. The highest BCUT2D eigenvalue weighted by Crippen LogP contribution is 2.32. The molecule has 0 fully saturated rings. The second-order valence-electron chi connectivity index (χ2n) is 4.98. The maximum Gasteiger partial charge on any atom is 0.390 e. The Labute approximate surface area is 126 Å². The number of hydrogen-bond acceptors (Lipinski definition) is 3. The van der Waals surface area contributed by atoms with Crippen LogP contribution in [0.15, 0.2) is 36.5 Å². The largest absolute Gasteiger partial charge is 0.390 e. The van der Waals surface area contributed by atoms with Gasteiger partial charge in [-0.05, 0) is 19.4 Å². The number of alkyl halides is 3. The van der Waals surface area contributed by atoms with Crippen LogP contribution in [-0.2, 0) is 0 Å². The Morgan fingerprint density at radius 2 is 1.90 bits per heavy atom. The van der Waals surface area contributed by atoms with E-state index in [1.807, 2.05) is 13.8 Å². The van der Waals surface area contributed by atoms with Gasteiger partial charge >= 0.3 is 6.18 Å². The molecule has 2 atom stereocenters. The van der Waals surface area contributed by atoms with Gasteiger partial charge in [0.05, 0.1) is 12.5 Å². The van der Waals surface area contributed by atoms with E-state index in [4.69, 9.17) is 0 Å². The number of halogens is 3. The van der Waals surface area contributed by atoms with Crippen molar-refractivity contribution in [2.75, 3.05) is 0 Å². The first-order valence-corrected chi connectivity index (χ1v) is 7.47. The van der Waals surface area contributed by atoms with Crippen LogP contribution < -0.4 is 5.32 Å². The van der Waals surface area contributed by atoms with Gasteiger partial charge in [-0.2, -0.15) is 13.2 Å². The molecule has 1 aromatic carbocycles. The van der Waals surface area contributed by atoms with E-state index in [0.29, 0.717) is 5.56 Å². The minimum Gasteiger partial charge on any atom is -0.301 e. The molecule has 0 saturated heterocycles. The molecule has 0 aliphatic rings. The molecule has 2 unspecified atom stereocenters. The predicted octanol–water partition coefficient (Wildman–Crippen LogP) is 4.80. The lowest BCUT2D eigenvalue weighted by Crippen LogP contribution is -2.29. The van der Waals surface area contributed by atoms with Gasteiger partial charge < -0.3 is 5.32 Å². The minimum atomic E-state index is -4.22. The molecule has 1 aromatic heterocycles. The molecule has 2 rings (SSSR count). The van der Waals surface area contributed by atoms with E-state index in [1.165, 1.54) is 11.3 Å². The van der Waals surface area contributed by atoms with Crippen molar-refractivity contribution in [3.05, 3.63) is 52.0 Å². The molecule has 2 aromatic rings. The molecule has 114 valence electrons. The van der Waals surface area contributed by atoms with Gasteiger partial charge in [-0.1, -0.05) is 30.3 Å². The van der Waals surface area contributed by atoms with Gasteiger partial charge in [0.25, 0.3) is 0 Å². The second-order valence-corrected chi connectivity index (χ2v) is 6.25. The van der Waals surface area contributed by atoms with Gasteiger partial charge in [0.15, 0.2) is 0 Å². The topological polar surface area (TPSA) is 24.9 Å². The molecule has 0 spiro atoms. The Bertz CT molecular complexity index is 566. The molecule has 2 nitrogen and oxygen atoms in total. The third-order valence-electron chi connectivity index (χ3n) is 3.10. The summed E-state index contributed by atoms with van der Waals surface area (Å²) in [7, 11) is 0. The zero-order valence-electron chi connectivity index (χ0n) is 11.8.